The molecule has 1 atom stereocenters. The van der Waals surface area contributed by atoms with E-state index in [-0.39, 0.29) is 11.4 Å². The zero-order valence-corrected chi connectivity index (χ0v) is 21.2. The van der Waals surface area contributed by atoms with Crippen LogP contribution < -0.4 is 5.32 Å². The number of aromatic nitrogens is 3. The summed E-state index contributed by atoms with van der Waals surface area (Å²) in [6.07, 6.45) is 0. The molecule has 1 aromatic heterocycles. The summed E-state index contributed by atoms with van der Waals surface area (Å²) < 4.78 is 1.91. The Kier molecular flexibility index (Phi) is 7.28. The summed E-state index contributed by atoms with van der Waals surface area (Å²) in [6.45, 7) is 1.77. The molecule has 38 heavy (non-hydrogen) atoms. The number of nitrogens with one attached hydrogen (secondary N) is 1. The molecule has 9 heteroatoms. The molecular weight excluding hydrogens is 498 g/mol. The number of carbonyl (C=O) groups excluding carboxylic acids is 1. The van der Waals surface area contributed by atoms with E-state index in [4.69, 9.17) is 0 Å². The molecule has 4 aromatic carbocycles. The van der Waals surface area contributed by atoms with E-state index in [0.717, 1.165) is 22.4 Å². The van der Waals surface area contributed by atoms with Crippen LogP contribution in [-0.4, -0.2) is 25.6 Å². The van der Waals surface area contributed by atoms with Crippen LogP contribution in [0.1, 0.15) is 16.4 Å². The number of anilines is 1. The van der Waals surface area contributed by atoms with Gasteiger partial charge in [0.2, 0.25) is 5.91 Å². The van der Waals surface area contributed by atoms with Crippen LogP contribution in [0.2, 0.25) is 0 Å². The van der Waals surface area contributed by atoms with Gasteiger partial charge in [-0.25, -0.2) is 0 Å². The molecule has 0 aliphatic heterocycles. The van der Waals surface area contributed by atoms with Gasteiger partial charge in [-0.2, -0.15) is 0 Å². The van der Waals surface area contributed by atoms with Crippen molar-refractivity contribution in [1.29, 1.82) is 0 Å². The largest absolute Gasteiger partial charge is 0.319 e. The van der Waals surface area contributed by atoms with Gasteiger partial charge in [-0.15, -0.1) is 10.2 Å². The molecule has 5 rings (SSSR count). The fraction of sp³-hybridized carbons (Fsp3) is 0.0690. The number of aryl methyl sites for hydroxylation is 1. The fourth-order valence-electron chi connectivity index (χ4n) is 4.03. The molecule has 0 spiro atoms. The van der Waals surface area contributed by atoms with E-state index in [1.807, 2.05) is 95.6 Å². The van der Waals surface area contributed by atoms with Crippen LogP contribution in [0.3, 0.4) is 0 Å². The molecule has 5 aromatic rings. The number of nitro benzene ring substituents is 1. The maximum Gasteiger partial charge on any atom is 0.293 e. The van der Waals surface area contributed by atoms with Crippen molar-refractivity contribution >= 4 is 29.0 Å². The topological polar surface area (TPSA) is 103 Å². The van der Waals surface area contributed by atoms with Crippen molar-refractivity contribution in [1.82, 2.24) is 14.8 Å². The van der Waals surface area contributed by atoms with Crippen LogP contribution in [0.4, 0.5) is 11.4 Å². The van der Waals surface area contributed by atoms with Crippen molar-refractivity contribution in [2.75, 3.05) is 5.32 Å². The first kappa shape index (κ1) is 24.9. The van der Waals surface area contributed by atoms with Crippen molar-refractivity contribution < 1.29 is 9.72 Å². The second-order valence-corrected chi connectivity index (χ2v) is 9.59. The van der Waals surface area contributed by atoms with E-state index in [2.05, 4.69) is 15.5 Å². The van der Waals surface area contributed by atoms with Crippen LogP contribution in [0, 0.1) is 17.0 Å². The van der Waals surface area contributed by atoms with Crippen molar-refractivity contribution in [3.8, 4) is 17.1 Å². The highest BCUT2D eigenvalue weighted by Crippen LogP contribution is 2.39. The third-order valence-electron chi connectivity index (χ3n) is 5.85. The molecule has 0 saturated carbocycles. The SMILES string of the molecule is Cc1ccc(NC(=O)C(Sc2nnc(-c3ccccc3)n2-c2ccccc2)c2ccccc2)c([N+](=O)[O-])c1. The summed E-state index contributed by atoms with van der Waals surface area (Å²) in [7, 11) is 0. The van der Waals surface area contributed by atoms with Gasteiger partial charge in [0.15, 0.2) is 11.0 Å². The third-order valence-corrected chi connectivity index (χ3v) is 7.05. The van der Waals surface area contributed by atoms with Crippen LogP contribution in [0.5, 0.6) is 0 Å². The number of nitro groups is 1. The van der Waals surface area contributed by atoms with Crippen molar-refractivity contribution in [3.05, 3.63) is 130 Å². The lowest BCUT2D eigenvalue weighted by Gasteiger charge is -2.18. The summed E-state index contributed by atoms with van der Waals surface area (Å²) >= 11 is 1.23. The number of hydrogen-bond donors (Lipinski definition) is 1. The van der Waals surface area contributed by atoms with E-state index >= 15 is 0 Å². The molecule has 8 nitrogen and oxygen atoms in total. The third kappa shape index (κ3) is 5.33. The smallest absolute Gasteiger partial charge is 0.293 e. The first-order valence-corrected chi connectivity index (χ1v) is 12.7. The van der Waals surface area contributed by atoms with Gasteiger partial charge >= 0.3 is 0 Å². The Hall–Kier alpha value is -4.76. The van der Waals surface area contributed by atoms with E-state index in [1.54, 1.807) is 19.1 Å². The minimum absolute atomic E-state index is 0.140. The number of para-hydroxylation sites is 1. The molecule has 0 aliphatic carbocycles. The highest BCUT2D eigenvalue weighted by atomic mass is 32.2. The predicted molar refractivity (Wildman–Crippen MR) is 148 cm³/mol. The zero-order chi connectivity index (χ0) is 26.5. The number of hydrogen-bond acceptors (Lipinski definition) is 6. The van der Waals surface area contributed by atoms with Gasteiger partial charge in [0, 0.05) is 17.3 Å². The summed E-state index contributed by atoms with van der Waals surface area (Å²) in [4.78, 5) is 24.8. The van der Waals surface area contributed by atoms with Crippen LogP contribution in [-0.2, 0) is 4.79 Å². The number of amides is 1. The number of nitrogens with zero attached hydrogens (tertiary/aromatic N) is 4. The number of rotatable bonds is 8. The summed E-state index contributed by atoms with van der Waals surface area (Å²) in [6, 6.07) is 33.4. The van der Waals surface area contributed by atoms with E-state index in [9.17, 15) is 14.9 Å². The molecule has 1 heterocycles. The van der Waals surface area contributed by atoms with E-state index < -0.39 is 16.1 Å². The zero-order valence-electron chi connectivity index (χ0n) is 20.4. The van der Waals surface area contributed by atoms with Gasteiger partial charge in [-0.05, 0) is 36.2 Å². The molecule has 0 fully saturated rings. The lowest BCUT2D eigenvalue weighted by atomic mass is 10.1. The summed E-state index contributed by atoms with van der Waals surface area (Å²) in [5.74, 6) is 0.234. The summed E-state index contributed by atoms with van der Waals surface area (Å²) in [5, 5.41) is 23.1. The van der Waals surface area contributed by atoms with Crippen molar-refractivity contribution in [3.63, 3.8) is 0 Å². The maximum absolute atomic E-state index is 13.7. The standard InChI is InChI=1S/C29H23N5O3S/c1-20-17-18-24(25(19-20)34(36)37)30-28(35)26(21-11-5-2-6-12-21)38-29-32-31-27(22-13-7-3-8-14-22)33(29)23-15-9-4-10-16-23/h2-19,26H,1H3,(H,30,35). The van der Waals surface area contributed by atoms with E-state index in [1.165, 1.54) is 17.8 Å². The average molecular weight is 522 g/mol. The lowest BCUT2D eigenvalue weighted by Crippen LogP contribution is -2.20. The minimum atomic E-state index is -0.757. The highest BCUT2D eigenvalue weighted by molar-refractivity contribution is 8.00. The second-order valence-electron chi connectivity index (χ2n) is 8.52. The van der Waals surface area contributed by atoms with Gasteiger partial charge < -0.3 is 5.32 Å². The van der Waals surface area contributed by atoms with Crippen LogP contribution in [0.15, 0.2) is 114 Å². The first-order valence-electron chi connectivity index (χ1n) is 11.8. The highest BCUT2D eigenvalue weighted by Gasteiger charge is 2.28. The van der Waals surface area contributed by atoms with Gasteiger partial charge in [-0.3, -0.25) is 19.5 Å². The quantitative estimate of drug-likeness (QED) is 0.140. The molecule has 0 aliphatic rings. The Morgan fingerprint density at radius 1 is 0.895 bits per heavy atom. The van der Waals surface area contributed by atoms with Gasteiger partial charge in [0.1, 0.15) is 10.9 Å². The van der Waals surface area contributed by atoms with Gasteiger partial charge in [0.05, 0.1) is 4.92 Å². The maximum atomic E-state index is 13.7. The normalized spacial score (nSPS) is 11.6. The van der Waals surface area contributed by atoms with Gasteiger partial charge in [-0.1, -0.05) is 96.7 Å². The monoisotopic (exact) mass is 521 g/mol. The Bertz CT molecular complexity index is 1570. The molecule has 188 valence electrons. The van der Waals surface area contributed by atoms with Crippen LogP contribution in [0.25, 0.3) is 17.1 Å². The number of carbonyl (C=O) groups is 1. The Morgan fingerprint density at radius 2 is 1.53 bits per heavy atom. The molecule has 0 radical (unpaired) electrons. The average Bonchev–Trinajstić information content (AvgIpc) is 3.37. The predicted octanol–water partition coefficient (Wildman–Crippen LogP) is 6.62. The number of benzene rings is 4. The molecule has 0 bridgehead atoms. The molecular formula is C29H23N5O3S. The van der Waals surface area contributed by atoms with Crippen LogP contribution >= 0.6 is 11.8 Å². The number of thioether (sulfide) groups is 1. The van der Waals surface area contributed by atoms with Crippen molar-refractivity contribution in [2.24, 2.45) is 0 Å². The second kappa shape index (κ2) is 11.1. The summed E-state index contributed by atoms with van der Waals surface area (Å²) in [5.41, 5.74) is 3.17. The fourth-order valence-corrected chi connectivity index (χ4v) is 5.09. The van der Waals surface area contributed by atoms with Crippen molar-refractivity contribution in [2.45, 2.75) is 17.3 Å². The Balaban J connectivity index is 1.56. The van der Waals surface area contributed by atoms with Gasteiger partial charge in [0.25, 0.3) is 5.69 Å². The Labute approximate surface area is 223 Å². The Morgan fingerprint density at radius 3 is 2.18 bits per heavy atom. The lowest BCUT2D eigenvalue weighted by molar-refractivity contribution is -0.384. The molecule has 1 N–H and O–H groups in total. The first-order chi connectivity index (χ1) is 18.5. The molecule has 0 saturated heterocycles. The minimum Gasteiger partial charge on any atom is -0.319 e. The molecule has 1 amide bonds. The van der Waals surface area contributed by atoms with E-state index in [0.29, 0.717) is 11.0 Å². The molecule has 1 unspecified atom stereocenters.